The topological polar surface area (TPSA) is 64.0 Å². The van der Waals surface area contributed by atoms with Crippen LogP contribution in [0.1, 0.15) is 27.7 Å². The number of hydrogen-bond donors (Lipinski definition) is 0. The van der Waals surface area contributed by atoms with Gasteiger partial charge in [0.2, 0.25) is 0 Å². The molecule has 8 aromatic heterocycles. The Morgan fingerprint density at radius 3 is 0.908 bits per heavy atom. The van der Waals surface area contributed by atoms with Crippen LogP contribution in [0.5, 0.6) is 0 Å². The standard InChI is InChI=1S/C51H31N3S.C30H19BrN2.C27H24BNO2S/c1-7-22-43-41(20-1)51-49(42-21-6-12-27-48(42)55-51)50(52-43)33-15-13-14-32(28-33)34-29-35(53-44-23-8-2-16-37(44)38-17-3-9-24-45(38)53)31-36(30-34)54-46-25-10-4-18-39(46)40-19-5-11-26-47(40)54;31-20-17-21(32-27-13-5-1-9-23(27)24-10-2-6-14-28(24)32)19-22(18-20)33-29-15-7-3-11-25(29)26-12-4-8-16-30(26)33;1-26(2)27(3,4)31-28(30-26)18-11-9-10-17(16-18)24-23-20-13-6-8-15-22(20)32-25(23)19-12-5-7-14-21(19)29-24/h1-31H;1-19H;5-16H,1-4H3. The number of fused-ring (bicyclic) bond motifs is 22. The molecule has 0 unspecified atom stereocenters. The molecule has 8 nitrogen and oxygen atoms in total. The van der Waals surface area contributed by atoms with E-state index in [1.165, 1.54) is 138 Å². The molecule has 120 heavy (non-hydrogen) atoms. The summed E-state index contributed by atoms with van der Waals surface area (Å²) in [5.74, 6) is 0. The van der Waals surface area contributed by atoms with Crippen LogP contribution in [0.3, 0.4) is 0 Å². The zero-order chi connectivity index (χ0) is 80.1. The molecule has 1 fully saturated rings. The number of hydrogen-bond acceptors (Lipinski definition) is 6. The minimum Gasteiger partial charge on any atom is -0.399 e. The SMILES string of the molecule is Brc1cc(-n2c3ccccc3c3ccccc32)cc(-n2c3ccccc3c3ccccc32)c1.CC1(C)OB(c2cccc(-c3nc4ccccc4c4sc5ccccc5c34)c2)OC1(C)C.c1cc(-c2cc(-n3c4ccccc4c4ccccc43)cc(-n3c4ccccc4c4ccccc43)c2)cc(-c2nc3ccccc3c3sc4ccccc4c23)c1. The average molecular weight is 1640 g/mol. The molecule has 0 bridgehead atoms. The number of rotatable bonds is 8. The minimum absolute atomic E-state index is 0.369. The van der Waals surface area contributed by atoms with Crippen molar-refractivity contribution in [2.24, 2.45) is 0 Å². The number of thiophene rings is 2. The Hall–Kier alpha value is -13.6. The molecule has 9 heterocycles. The van der Waals surface area contributed by atoms with Crippen molar-refractivity contribution in [2.75, 3.05) is 0 Å². The van der Waals surface area contributed by atoms with Crippen LogP contribution in [0.25, 0.3) is 206 Å². The van der Waals surface area contributed by atoms with Gasteiger partial charge >= 0.3 is 7.12 Å². The van der Waals surface area contributed by atoms with Crippen molar-refractivity contribution in [2.45, 2.75) is 38.9 Å². The molecule has 1 saturated heterocycles. The number of halogens is 1. The summed E-state index contributed by atoms with van der Waals surface area (Å²) in [6.45, 7) is 8.34. The van der Waals surface area contributed by atoms with Gasteiger partial charge in [0.1, 0.15) is 0 Å². The molecule has 0 atom stereocenters. The third-order valence-corrected chi connectivity index (χ3v) is 27.6. The molecule has 1 aliphatic heterocycles. The van der Waals surface area contributed by atoms with E-state index in [1.807, 2.05) is 22.7 Å². The van der Waals surface area contributed by atoms with E-state index in [0.29, 0.717) is 0 Å². The van der Waals surface area contributed by atoms with Gasteiger partial charge in [-0.25, -0.2) is 9.97 Å². The number of benzene rings is 16. The quantitative estimate of drug-likeness (QED) is 0.142. The molecule has 0 saturated carbocycles. The van der Waals surface area contributed by atoms with Crippen LogP contribution in [0.4, 0.5) is 0 Å². The maximum absolute atomic E-state index is 6.31. The van der Waals surface area contributed by atoms with E-state index in [9.17, 15) is 0 Å². The van der Waals surface area contributed by atoms with Crippen LogP contribution < -0.4 is 5.46 Å². The monoisotopic (exact) mass is 1640 g/mol. The van der Waals surface area contributed by atoms with Crippen molar-refractivity contribution < 1.29 is 9.31 Å². The molecule has 1 aliphatic rings. The van der Waals surface area contributed by atoms with Crippen LogP contribution in [-0.4, -0.2) is 46.6 Å². The summed E-state index contributed by atoms with van der Waals surface area (Å²) in [5.41, 5.74) is 22.9. The van der Waals surface area contributed by atoms with Crippen molar-refractivity contribution in [3.63, 3.8) is 0 Å². The van der Waals surface area contributed by atoms with Gasteiger partial charge in [0, 0.05) is 133 Å². The molecular formula is C108H74BBrN6O2S2. The minimum atomic E-state index is -0.393. The summed E-state index contributed by atoms with van der Waals surface area (Å²) in [6.07, 6.45) is 0. The molecule has 0 amide bonds. The van der Waals surface area contributed by atoms with Gasteiger partial charge in [-0.05, 0) is 160 Å². The largest absolute Gasteiger partial charge is 0.494 e. The molecule has 0 aliphatic carbocycles. The summed E-state index contributed by atoms with van der Waals surface area (Å²) in [7, 11) is -0.393. The normalized spacial score (nSPS) is 13.4. The highest BCUT2D eigenvalue weighted by atomic mass is 79.9. The summed E-state index contributed by atoms with van der Waals surface area (Å²) >= 11 is 7.51. The smallest absolute Gasteiger partial charge is 0.399 e. The summed E-state index contributed by atoms with van der Waals surface area (Å²) in [5, 5.41) is 17.4. The zero-order valence-electron chi connectivity index (χ0n) is 66.1. The van der Waals surface area contributed by atoms with E-state index in [1.54, 1.807) is 0 Å². The van der Waals surface area contributed by atoms with Gasteiger partial charge in [-0.3, -0.25) is 0 Å². The zero-order valence-corrected chi connectivity index (χ0v) is 69.3. The van der Waals surface area contributed by atoms with E-state index in [0.717, 1.165) is 77.4 Å². The van der Waals surface area contributed by atoms with E-state index < -0.39 is 7.12 Å². The lowest BCUT2D eigenvalue weighted by atomic mass is 9.78. The van der Waals surface area contributed by atoms with Crippen LogP contribution in [0.15, 0.2) is 381 Å². The van der Waals surface area contributed by atoms with Crippen LogP contribution in [-0.2, 0) is 9.31 Å². The van der Waals surface area contributed by atoms with Crippen LogP contribution in [0.2, 0.25) is 0 Å². The molecule has 25 rings (SSSR count). The van der Waals surface area contributed by atoms with Crippen molar-refractivity contribution in [3.8, 4) is 56.4 Å². The first kappa shape index (κ1) is 71.7. The predicted molar refractivity (Wildman–Crippen MR) is 513 cm³/mol. The fourth-order valence-corrected chi connectivity index (χ4v) is 21.5. The van der Waals surface area contributed by atoms with Crippen molar-refractivity contribution >= 4 is 201 Å². The Morgan fingerprint density at radius 2 is 0.550 bits per heavy atom. The van der Waals surface area contributed by atoms with Gasteiger partial charge in [0.05, 0.1) is 77.8 Å². The number of nitrogens with zero attached hydrogens (tertiary/aromatic N) is 6. The second kappa shape index (κ2) is 28.3. The van der Waals surface area contributed by atoms with E-state index in [-0.39, 0.29) is 11.2 Å². The summed E-state index contributed by atoms with van der Waals surface area (Å²) in [4.78, 5) is 10.5. The Balaban J connectivity index is 0.000000111. The number of aromatic nitrogens is 6. The third-order valence-electron chi connectivity index (χ3n) is 24.7. The maximum atomic E-state index is 6.31. The third kappa shape index (κ3) is 11.7. The fourth-order valence-electron chi connectivity index (χ4n) is 18.5. The Labute approximate surface area is 708 Å². The first-order valence-corrected chi connectivity index (χ1v) is 43.2. The molecule has 24 aromatic rings. The molecule has 0 N–H and O–H groups in total. The summed E-state index contributed by atoms with van der Waals surface area (Å²) in [6, 6.07) is 135. The molecule has 16 aromatic carbocycles. The van der Waals surface area contributed by atoms with Gasteiger partial charge in [-0.2, -0.15) is 0 Å². The van der Waals surface area contributed by atoms with Gasteiger partial charge in [-0.1, -0.05) is 277 Å². The van der Waals surface area contributed by atoms with Crippen LogP contribution in [0, 0.1) is 0 Å². The van der Waals surface area contributed by atoms with E-state index in [2.05, 4.69) is 438 Å². The fraction of sp³-hybridized carbons (Fsp3) is 0.0556. The maximum Gasteiger partial charge on any atom is 0.494 e. The van der Waals surface area contributed by atoms with Gasteiger partial charge in [-0.15, -0.1) is 22.7 Å². The van der Waals surface area contributed by atoms with E-state index in [4.69, 9.17) is 19.3 Å². The lowest BCUT2D eigenvalue weighted by Gasteiger charge is -2.32. The molecule has 12 heteroatoms. The van der Waals surface area contributed by atoms with Crippen molar-refractivity contribution in [1.82, 2.24) is 28.2 Å². The first-order valence-electron chi connectivity index (χ1n) is 40.8. The van der Waals surface area contributed by atoms with Crippen LogP contribution >= 0.6 is 38.6 Å². The highest BCUT2D eigenvalue weighted by molar-refractivity contribution is 9.10. The highest BCUT2D eigenvalue weighted by Crippen LogP contribution is 2.48. The first-order chi connectivity index (χ1) is 58.9. The second-order valence-electron chi connectivity index (χ2n) is 32.2. The number of para-hydroxylation sites is 10. The molecule has 0 spiro atoms. The average Bonchev–Trinajstić information content (AvgIpc) is 1.57. The van der Waals surface area contributed by atoms with E-state index >= 15 is 0 Å². The summed E-state index contributed by atoms with van der Waals surface area (Å²) < 4.78 is 28.4. The lowest BCUT2D eigenvalue weighted by Crippen LogP contribution is -2.41. The molecular weight excluding hydrogens is 1570 g/mol. The Kier molecular flexibility index (Phi) is 16.9. The second-order valence-corrected chi connectivity index (χ2v) is 35.3. The van der Waals surface area contributed by atoms with Crippen molar-refractivity contribution in [3.05, 3.63) is 381 Å². The Morgan fingerprint density at radius 1 is 0.267 bits per heavy atom. The van der Waals surface area contributed by atoms with Gasteiger partial charge in [0.25, 0.3) is 0 Å². The highest BCUT2D eigenvalue weighted by Gasteiger charge is 2.52. The molecule has 0 radical (unpaired) electrons. The number of pyridine rings is 2. The van der Waals surface area contributed by atoms with Gasteiger partial charge < -0.3 is 27.6 Å². The lowest BCUT2D eigenvalue weighted by molar-refractivity contribution is 0.00578. The predicted octanol–water partition coefficient (Wildman–Crippen LogP) is 29.3. The Bertz CT molecular complexity index is 7830. The van der Waals surface area contributed by atoms with Gasteiger partial charge in [0.15, 0.2) is 0 Å². The van der Waals surface area contributed by atoms with Crippen molar-refractivity contribution in [1.29, 1.82) is 0 Å². The molecule has 570 valence electrons.